The third-order valence-electron chi connectivity index (χ3n) is 7.02. The molecule has 1 nitrogen and oxygen atoms in total. The largest absolute Gasteiger partial charge is 0.340 e. The summed E-state index contributed by atoms with van der Waals surface area (Å²) in [5, 5.41) is 2.35. The van der Waals surface area contributed by atoms with Gasteiger partial charge in [-0.05, 0) is 74.5 Å². The first kappa shape index (κ1) is 23.6. The second-order valence-electron chi connectivity index (χ2n) is 9.33. The molecule has 0 N–H and O–H groups in total. The molecule has 38 heavy (non-hydrogen) atoms. The van der Waals surface area contributed by atoms with Crippen LogP contribution in [0.5, 0.6) is 0 Å². The molecule has 0 saturated carbocycles. The van der Waals surface area contributed by atoms with Gasteiger partial charge in [0.2, 0.25) is 0 Å². The summed E-state index contributed by atoms with van der Waals surface area (Å²) in [6.45, 7) is 0. The lowest BCUT2D eigenvalue weighted by atomic mass is 9.91. The SMILES string of the molecule is CN(c1ccccc1F)c1cc(-c2cccc(-c3cccc4ccccc34)c2)c(-c2ccccc2)cc1F. The Hall–Kier alpha value is -4.76. The van der Waals surface area contributed by atoms with Gasteiger partial charge in [-0.3, -0.25) is 0 Å². The highest BCUT2D eigenvalue weighted by Crippen LogP contribution is 2.40. The van der Waals surface area contributed by atoms with Crippen molar-refractivity contribution < 1.29 is 8.78 Å². The minimum Gasteiger partial charge on any atom is -0.340 e. The Morgan fingerprint density at radius 3 is 1.87 bits per heavy atom. The molecule has 6 aromatic carbocycles. The summed E-state index contributed by atoms with van der Waals surface area (Å²) in [6, 6.07) is 42.6. The molecule has 184 valence electrons. The Balaban J connectivity index is 1.55. The molecule has 0 amide bonds. The lowest BCUT2D eigenvalue weighted by Crippen LogP contribution is -2.13. The zero-order valence-corrected chi connectivity index (χ0v) is 20.9. The fourth-order valence-corrected chi connectivity index (χ4v) is 5.10. The van der Waals surface area contributed by atoms with Crippen LogP contribution in [0.4, 0.5) is 20.2 Å². The van der Waals surface area contributed by atoms with Crippen LogP contribution in [0.15, 0.2) is 133 Å². The van der Waals surface area contributed by atoms with Crippen LogP contribution in [-0.2, 0) is 0 Å². The first-order chi connectivity index (χ1) is 18.6. The lowest BCUT2D eigenvalue weighted by molar-refractivity contribution is 0.618. The van der Waals surface area contributed by atoms with Gasteiger partial charge >= 0.3 is 0 Å². The highest BCUT2D eigenvalue weighted by Gasteiger charge is 2.19. The van der Waals surface area contributed by atoms with Crippen molar-refractivity contribution in [3.05, 3.63) is 145 Å². The van der Waals surface area contributed by atoms with E-state index >= 15 is 4.39 Å². The molecule has 0 spiro atoms. The molecule has 0 aliphatic rings. The summed E-state index contributed by atoms with van der Waals surface area (Å²) in [7, 11) is 1.69. The van der Waals surface area contributed by atoms with E-state index in [1.54, 1.807) is 36.2 Å². The summed E-state index contributed by atoms with van der Waals surface area (Å²) in [5.74, 6) is -0.815. The van der Waals surface area contributed by atoms with Gasteiger partial charge in [-0.2, -0.15) is 0 Å². The van der Waals surface area contributed by atoms with Crippen molar-refractivity contribution in [1.82, 2.24) is 0 Å². The highest BCUT2D eigenvalue weighted by molar-refractivity contribution is 5.98. The van der Waals surface area contributed by atoms with Crippen LogP contribution in [-0.4, -0.2) is 7.05 Å². The predicted molar refractivity (Wildman–Crippen MR) is 155 cm³/mol. The van der Waals surface area contributed by atoms with Crippen LogP contribution in [0.2, 0.25) is 0 Å². The quantitative estimate of drug-likeness (QED) is 0.229. The number of halogens is 2. The molecular weight excluding hydrogens is 472 g/mol. The van der Waals surface area contributed by atoms with Crippen molar-refractivity contribution in [1.29, 1.82) is 0 Å². The number of hydrogen-bond acceptors (Lipinski definition) is 1. The van der Waals surface area contributed by atoms with Gasteiger partial charge in [0, 0.05) is 7.05 Å². The normalized spacial score (nSPS) is 11.0. The zero-order valence-electron chi connectivity index (χ0n) is 20.9. The molecule has 0 heterocycles. The minimum atomic E-state index is -0.413. The number of para-hydroxylation sites is 1. The third-order valence-corrected chi connectivity index (χ3v) is 7.02. The van der Waals surface area contributed by atoms with Gasteiger partial charge in [-0.1, -0.05) is 103 Å². The average Bonchev–Trinajstić information content (AvgIpc) is 2.97. The Labute approximate surface area is 221 Å². The van der Waals surface area contributed by atoms with Crippen LogP contribution in [0, 0.1) is 11.6 Å². The van der Waals surface area contributed by atoms with Crippen LogP contribution in [0.1, 0.15) is 0 Å². The molecule has 0 aromatic heterocycles. The Kier molecular flexibility index (Phi) is 6.19. The second kappa shape index (κ2) is 9.95. The molecule has 0 aliphatic heterocycles. The maximum Gasteiger partial charge on any atom is 0.147 e. The summed E-state index contributed by atoms with van der Waals surface area (Å²) in [5.41, 5.74) is 6.36. The standard InChI is InChI=1S/C35H25F2N/c1-38(34-20-8-7-19-32(34)36)35-23-31(30(22-33(35)37)25-11-3-2-4-12-25)27-16-9-15-26(21-27)29-18-10-14-24-13-5-6-17-28(24)29/h2-23H,1H3. The molecule has 3 heteroatoms. The molecule has 6 rings (SSSR count). The van der Waals surface area contributed by atoms with Crippen LogP contribution in [0.25, 0.3) is 44.2 Å². The van der Waals surface area contributed by atoms with Gasteiger partial charge in [0.1, 0.15) is 11.6 Å². The molecule has 0 atom stereocenters. The molecular formula is C35H25F2N. The first-order valence-electron chi connectivity index (χ1n) is 12.6. The number of rotatable bonds is 5. The minimum absolute atomic E-state index is 0.306. The first-order valence-corrected chi connectivity index (χ1v) is 12.6. The molecule has 0 bridgehead atoms. The van der Waals surface area contributed by atoms with E-state index < -0.39 is 11.6 Å². The van der Waals surface area contributed by atoms with E-state index in [0.29, 0.717) is 11.4 Å². The van der Waals surface area contributed by atoms with Crippen molar-refractivity contribution in [3.63, 3.8) is 0 Å². The number of anilines is 2. The Morgan fingerprint density at radius 2 is 1.05 bits per heavy atom. The third kappa shape index (κ3) is 4.33. The molecule has 0 radical (unpaired) electrons. The average molecular weight is 498 g/mol. The number of nitrogens with zero attached hydrogens (tertiary/aromatic N) is 1. The van der Waals surface area contributed by atoms with Crippen LogP contribution >= 0.6 is 0 Å². The van der Waals surface area contributed by atoms with E-state index in [2.05, 4.69) is 42.5 Å². The molecule has 0 unspecified atom stereocenters. The van der Waals surface area contributed by atoms with Crippen LogP contribution < -0.4 is 4.90 Å². The summed E-state index contributed by atoms with van der Waals surface area (Å²) in [6.07, 6.45) is 0. The van der Waals surface area contributed by atoms with Gasteiger partial charge in [-0.15, -0.1) is 0 Å². The van der Waals surface area contributed by atoms with Crippen molar-refractivity contribution in [2.24, 2.45) is 0 Å². The topological polar surface area (TPSA) is 3.24 Å². The number of benzene rings is 6. The van der Waals surface area contributed by atoms with Crippen molar-refractivity contribution >= 4 is 22.1 Å². The van der Waals surface area contributed by atoms with E-state index in [1.807, 2.05) is 60.7 Å². The van der Waals surface area contributed by atoms with E-state index in [-0.39, 0.29) is 0 Å². The predicted octanol–water partition coefficient (Wildman–Crippen LogP) is 9.89. The summed E-state index contributed by atoms with van der Waals surface area (Å²) in [4.78, 5) is 1.57. The monoisotopic (exact) mass is 497 g/mol. The number of hydrogen-bond donors (Lipinski definition) is 0. The van der Waals surface area contributed by atoms with Crippen molar-refractivity contribution in [2.75, 3.05) is 11.9 Å². The summed E-state index contributed by atoms with van der Waals surface area (Å²) >= 11 is 0. The zero-order chi connectivity index (χ0) is 26.1. The maximum absolute atomic E-state index is 15.7. The summed E-state index contributed by atoms with van der Waals surface area (Å²) < 4.78 is 30.3. The maximum atomic E-state index is 15.7. The van der Waals surface area contributed by atoms with Gasteiger partial charge in [0.15, 0.2) is 0 Å². The smallest absolute Gasteiger partial charge is 0.147 e. The lowest BCUT2D eigenvalue weighted by Gasteiger charge is -2.23. The Bertz CT molecular complexity index is 1750. The molecule has 6 aromatic rings. The van der Waals surface area contributed by atoms with Crippen LogP contribution in [0.3, 0.4) is 0 Å². The van der Waals surface area contributed by atoms with Gasteiger partial charge in [0.25, 0.3) is 0 Å². The molecule has 0 aliphatic carbocycles. The van der Waals surface area contributed by atoms with Gasteiger partial charge < -0.3 is 4.90 Å². The van der Waals surface area contributed by atoms with E-state index in [0.717, 1.165) is 33.4 Å². The van der Waals surface area contributed by atoms with E-state index in [4.69, 9.17) is 0 Å². The highest BCUT2D eigenvalue weighted by atomic mass is 19.1. The molecule has 0 saturated heterocycles. The second-order valence-corrected chi connectivity index (χ2v) is 9.33. The fraction of sp³-hybridized carbons (Fsp3) is 0.0286. The number of fused-ring (bicyclic) bond motifs is 1. The van der Waals surface area contributed by atoms with Crippen molar-refractivity contribution in [3.8, 4) is 33.4 Å². The van der Waals surface area contributed by atoms with Gasteiger partial charge in [0.05, 0.1) is 11.4 Å². The van der Waals surface area contributed by atoms with Gasteiger partial charge in [-0.25, -0.2) is 8.78 Å². The fourth-order valence-electron chi connectivity index (χ4n) is 5.10. The van der Waals surface area contributed by atoms with E-state index in [9.17, 15) is 4.39 Å². The van der Waals surface area contributed by atoms with Crippen molar-refractivity contribution in [2.45, 2.75) is 0 Å². The molecule has 0 fully saturated rings. The Morgan fingerprint density at radius 1 is 0.447 bits per heavy atom. The van der Waals surface area contributed by atoms with E-state index in [1.165, 1.54) is 16.8 Å².